The van der Waals surface area contributed by atoms with Crippen molar-refractivity contribution in [3.63, 3.8) is 0 Å². The molecule has 2 nitrogen and oxygen atoms in total. The Labute approximate surface area is 86.0 Å². The van der Waals surface area contributed by atoms with E-state index >= 15 is 0 Å². The molecule has 0 aliphatic heterocycles. The first-order valence-electron chi connectivity index (χ1n) is 4.35. The highest BCUT2D eigenvalue weighted by Crippen LogP contribution is 2.16. The molecule has 0 aromatic carbocycles. The lowest BCUT2D eigenvalue weighted by Crippen LogP contribution is -2.12. The van der Waals surface area contributed by atoms with E-state index < -0.39 is 0 Å². The minimum Gasteiger partial charge on any atom is -0.324 e. The molecule has 1 aromatic heterocycles. The zero-order valence-corrected chi connectivity index (χ0v) is 8.92. The van der Waals surface area contributed by atoms with E-state index in [1.165, 1.54) is 0 Å². The van der Waals surface area contributed by atoms with Gasteiger partial charge in [-0.05, 0) is 24.0 Å². The van der Waals surface area contributed by atoms with Gasteiger partial charge in [0.2, 0.25) is 0 Å². The van der Waals surface area contributed by atoms with Crippen LogP contribution in [0.5, 0.6) is 0 Å². The van der Waals surface area contributed by atoms with E-state index in [9.17, 15) is 0 Å². The summed E-state index contributed by atoms with van der Waals surface area (Å²) in [6.07, 6.45) is 4.63. The van der Waals surface area contributed by atoms with Crippen LogP contribution < -0.4 is 5.73 Å². The van der Waals surface area contributed by atoms with Crippen LogP contribution in [0.4, 0.5) is 0 Å². The van der Waals surface area contributed by atoms with Crippen molar-refractivity contribution in [3.8, 4) is 0 Å². The van der Waals surface area contributed by atoms with Gasteiger partial charge in [-0.1, -0.05) is 19.9 Å². The van der Waals surface area contributed by atoms with Crippen molar-refractivity contribution >= 4 is 12.4 Å². The number of aromatic nitrogens is 1. The fourth-order valence-electron chi connectivity index (χ4n) is 1.24. The quantitative estimate of drug-likeness (QED) is 0.815. The Morgan fingerprint density at radius 2 is 2.15 bits per heavy atom. The molecular formula is C10H17ClN2. The van der Waals surface area contributed by atoms with Gasteiger partial charge < -0.3 is 5.73 Å². The summed E-state index contributed by atoms with van der Waals surface area (Å²) < 4.78 is 0. The van der Waals surface area contributed by atoms with Crippen molar-refractivity contribution in [1.82, 2.24) is 4.98 Å². The number of nitrogens with zero attached hydrogens (tertiary/aromatic N) is 1. The monoisotopic (exact) mass is 200 g/mol. The number of nitrogens with two attached hydrogens (primary N) is 1. The van der Waals surface area contributed by atoms with Crippen LogP contribution >= 0.6 is 12.4 Å². The maximum atomic E-state index is 5.96. The van der Waals surface area contributed by atoms with Crippen LogP contribution in [0.3, 0.4) is 0 Å². The maximum absolute atomic E-state index is 5.96. The summed E-state index contributed by atoms with van der Waals surface area (Å²) in [7, 11) is 0. The fourth-order valence-corrected chi connectivity index (χ4v) is 1.24. The number of rotatable bonds is 3. The molecule has 0 amide bonds. The number of halogens is 1. The summed E-state index contributed by atoms with van der Waals surface area (Å²) in [6.45, 7) is 4.35. The van der Waals surface area contributed by atoms with Crippen LogP contribution in [0, 0.1) is 5.92 Å². The van der Waals surface area contributed by atoms with Crippen LogP contribution in [-0.2, 0) is 0 Å². The van der Waals surface area contributed by atoms with Crippen LogP contribution in [0.25, 0.3) is 0 Å². The molecule has 13 heavy (non-hydrogen) atoms. The largest absolute Gasteiger partial charge is 0.324 e. The standard InChI is InChI=1S/C10H16N2.ClH/c1-8(2)6-10(11)9-4-3-5-12-7-9;/h3-5,7-8,10H,6,11H2,1-2H3;1H/t10-;/m1./s1. The van der Waals surface area contributed by atoms with Crippen molar-refractivity contribution < 1.29 is 0 Å². The Bertz CT molecular complexity index is 224. The lowest BCUT2D eigenvalue weighted by atomic mass is 9.99. The molecule has 3 heteroatoms. The van der Waals surface area contributed by atoms with Gasteiger partial charge in [-0.2, -0.15) is 0 Å². The van der Waals surface area contributed by atoms with Gasteiger partial charge in [-0.3, -0.25) is 4.98 Å². The zero-order valence-electron chi connectivity index (χ0n) is 8.10. The van der Waals surface area contributed by atoms with E-state index in [0.717, 1.165) is 12.0 Å². The van der Waals surface area contributed by atoms with Gasteiger partial charge in [0.1, 0.15) is 0 Å². The van der Waals surface area contributed by atoms with Gasteiger partial charge in [-0.15, -0.1) is 12.4 Å². The highest BCUT2D eigenvalue weighted by atomic mass is 35.5. The second kappa shape index (κ2) is 5.95. The topological polar surface area (TPSA) is 38.9 Å². The first-order valence-corrected chi connectivity index (χ1v) is 4.35. The van der Waals surface area contributed by atoms with Crippen LogP contribution in [-0.4, -0.2) is 4.98 Å². The molecule has 74 valence electrons. The molecule has 0 unspecified atom stereocenters. The molecule has 0 radical (unpaired) electrons. The third-order valence-corrected chi connectivity index (χ3v) is 1.84. The van der Waals surface area contributed by atoms with Gasteiger partial charge in [0.15, 0.2) is 0 Å². The average molecular weight is 201 g/mol. The molecular weight excluding hydrogens is 184 g/mol. The fraction of sp³-hybridized carbons (Fsp3) is 0.500. The predicted octanol–water partition coefficient (Wildman–Crippen LogP) is 2.55. The summed E-state index contributed by atoms with van der Waals surface area (Å²) in [4.78, 5) is 4.03. The SMILES string of the molecule is CC(C)C[C@@H](N)c1cccnc1.Cl. The van der Waals surface area contributed by atoms with Gasteiger partial charge in [-0.25, -0.2) is 0 Å². The summed E-state index contributed by atoms with van der Waals surface area (Å²) in [6, 6.07) is 4.09. The molecule has 0 saturated carbocycles. The molecule has 1 atom stereocenters. The third kappa shape index (κ3) is 4.25. The van der Waals surface area contributed by atoms with Crippen molar-refractivity contribution in [1.29, 1.82) is 0 Å². The minimum absolute atomic E-state index is 0. The third-order valence-electron chi connectivity index (χ3n) is 1.84. The summed E-state index contributed by atoms with van der Waals surface area (Å²) >= 11 is 0. The lowest BCUT2D eigenvalue weighted by molar-refractivity contribution is 0.509. The molecule has 0 fully saturated rings. The normalized spacial score (nSPS) is 12.3. The van der Waals surface area contributed by atoms with E-state index in [2.05, 4.69) is 18.8 Å². The second-order valence-electron chi connectivity index (χ2n) is 3.52. The van der Waals surface area contributed by atoms with Gasteiger partial charge in [0.05, 0.1) is 0 Å². The van der Waals surface area contributed by atoms with Crippen LogP contribution in [0.2, 0.25) is 0 Å². The zero-order chi connectivity index (χ0) is 8.97. The molecule has 0 aliphatic rings. The van der Waals surface area contributed by atoms with E-state index in [1.807, 2.05) is 18.3 Å². The first-order chi connectivity index (χ1) is 5.70. The number of hydrogen-bond acceptors (Lipinski definition) is 2. The van der Waals surface area contributed by atoms with Crippen molar-refractivity contribution in [2.24, 2.45) is 11.7 Å². The van der Waals surface area contributed by atoms with E-state index in [1.54, 1.807) is 6.20 Å². The molecule has 0 aliphatic carbocycles. The average Bonchev–Trinajstić information content (AvgIpc) is 2.05. The van der Waals surface area contributed by atoms with E-state index in [-0.39, 0.29) is 18.4 Å². The smallest absolute Gasteiger partial charge is 0.0315 e. The Balaban J connectivity index is 0.00000144. The minimum atomic E-state index is 0. The van der Waals surface area contributed by atoms with Gasteiger partial charge >= 0.3 is 0 Å². The Morgan fingerprint density at radius 1 is 1.46 bits per heavy atom. The van der Waals surface area contributed by atoms with Gasteiger partial charge in [0, 0.05) is 18.4 Å². The van der Waals surface area contributed by atoms with E-state index in [0.29, 0.717) is 5.92 Å². The molecule has 0 bridgehead atoms. The summed E-state index contributed by atoms with van der Waals surface area (Å²) in [5.41, 5.74) is 7.09. The Kier molecular flexibility index (Phi) is 5.67. The summed E-state index contributed by atoms with van der Waals surface area (Å²) in [5.74, 6) is 0.639. The first kappa shape index (κ1) is 12.4. The highest BCUT2D eigenvalue weighted by molar-refractivity contribution is 5.85. The lowest BCUT2D eigenvalue weighted by Gasteiger charge is -2.13. The predicted molar refractivity (Wildman–Crippen MR) is 57.9 cm³/mol. The number of pyridine rings is 1. The van der Waals surface area contributed by atoms with Crippen molar-refractivity contribution in [2.45, 2.75) is 26.3 Å². The highest BCUT2D eigenvalue weighted by Gasteiger charge is 2.06. The molecule has 1 heterocycles. The van der Waals surface area contributed by atoms with Crippen molar-refractivity contribution in [3.05, 3.63) is 30.1 Å². The Morgan fingerprint density at radius 3 is 2.62 bits per heavy atom. The second-order valence-corrected chi connectivity index (χ2v) is 3.52. The van der Waals surface area contributed by atoms with Crippen LogP contribution in [0.1, 0.15) is 31.9 Å². The molecule has 1 aromatic rings. The molecule has 1 rings (SSSR count). The van der Waals surface area contributed by atoms with Gasteiger partial charge in [0.25, 0.3) is 0 Å². The van der Waals surface area contributed by atoms with Crippen LogP contribution in [0.15, 0.2) is 24.5 Å². The molecule has 2 N–H and O–H groups in total. The summed E-state index contributed by atoms with van der Waals surface area (Å²) in [5, 5.41) is 0. The van der Waals surface area contributed by atoms with E-state index in [4.69, 9.17) is 5.73 Å². The van der Waals surface area contributed by atoms with Crippen molar-refractivity contribution in [2.75, 3.05) is 0 Å². The molecule has 0 spiro atoms. The number of hydrogen-bond donors (Lipinski definition) is 1. The molecule has 0 saturated heterocycles. The Hall–Kier alpha value is -0.600. The maximum Gasteiger partial charge on any atom is 0.0315 e.